The Kier molecular flexibility index (Phi) is 6.51. The van der Waals surface area contributed by atoms with Gasteiger partial charge < -0.3 is 15.4 Å². The standard InChI is InChI=1S/C11H18N4O4/c1-19-7-6-12-9(16)4-5-13-11(18)8-2-3-10(17)15-14-8/h2-7H2,1H3,(H,12,16)(H,13,18)(H,15,17). The van der Waals surface area contributed by atoms with Crippen molar-refractivity contribution in [3.8, 4) is 0 Å². The number of nitrogens with zero attached hydrogens (tertiary/aromatic N) is 1. The fourth-order valence-electron chi connectivity index (χ4n) is 1.41. The molecule has 0 aromatic heterocycles. The molecule has 0 aromatic rings. The van der Waals surface area contributed by atoms with Crippen LogP contribution < -0.4 is 16.1 Å². The normalized spacial score (nSPS) is 14.4. The van der Waals surface area contributed by atoms with E-state index in [4.69, 9.17) is 4.74 Å². The molecule has 1 aliphatic heterocycles. The van der Waals surface area contributed by atoms with Crippen LogP contribution in [0.5, 0.6) is 0 Å². The highest BCUT2D eigenvalue weighted by Gasteiger charge is 2.17. The van der Waals surface area contributed by atoms with E-state index in [1.807, 2.05) is 0 Å². The SMILES string of the molecule is COCCNC(=O)CCNC(=O)C1=NNC(=O)CC1. The number of ether oxygens (including phenoxy) is 1. The molecule has 0 saturated carbocycles. The molecular weight excluding hydrogens is 252 g/mol. The van der Waals surface area contributed by atoms with Crippen LogP contribution in [0.15, 0.2) is 5.10 Å². The van der Waals surface area contributed by atoms with E-state index in [-0.39, 0.29) is 42.8 Å². The van der Waals surface area contributed by atoms with Gasteiger partial charge in [0.1, 0.15) is 5.71 Å². The first-order valence-electron chi connectivity index (χ1n) is 6.02. The molecule has 1 rings (SSSR count). The van der Waals surface area contributed by atoms with Crippen LogP contribution in [0.2, 0.25) is 0 Å². The zero-order valence-electron chi connectivity index (χ0n) is 10.8. The molecule has 8 nitrogen and oxygen atoms in total. The van der Waals surface area contributed by atoms with Crippen LogP contribution in [-0.4, -0.2) is 50.2 Å². The van der Waals surface area contributed by atoms with Gasteiger partial charge in [-0.15, -0.1) is 0 Å². The van der Waals surface area contributed by atoms with E-state index in [0.717, 1.165) is 0 Å². The molecule has 0 aromatic carbocycles. The largest absolute Gasteiger partial charge is 0.383 e. The summed E-state index contributed by atoms with van der Waals surface area (Å²) in [7, 11) is 1.55. The molecule has 0 saturated heterocycles. The second-order valence-corrected chi connectivity index (χ2v) is 3.94. The molecule has 0 unspecified atom stereocenters. The highest BCUT2D eigenvalue weighted by molar-refractivity contribution is 6.39. The third kappa shape index (κ3) is 5.96. The van der Waals surface area contributed by atoms with E-state index >= 15 is 0 Å². The quantitative estimate of drug-likeness (QED) is 0.490. The molecule has 1 aliphatic rings. The van der Waals surface area contributed by atoms with Crippen molar-refractivity contribution in [1.82, 2.24) is 16.1 Å². The van der Waals surface area contributed by atoms with Crippen LogP contribution >= 0.6 is 0 Å². The lowest BCUT2D eigenvalue weighted by Gasteiger charge is -2.11. The molecule has 3 amide bonds. The molecule has 0 radical (unpaired) electrons. The van der Waals surface area contributed by atoms with Gasteiger partial charge in [-0.05, 0) is 0 Å². The maximum atomic E-state index is 11.6. The number of rotatable bonds is 7. The maximum Gasteiger partial charge on any atom is 0.267 e. The van der Waals surface area contributed by atoms with Crippen molar-refractivity contribution in [2.45, 2.75) is 19.3 Å². The third-order valence-electron chi connectivity index (χ3n) is 2.43. The lowest BCUT2D eigenvalue weighted by Crippen LogP contribution is -2.38. The van der Waals surface area contributed by atoms with Gasteiger partial charge in [0.15, 0.2) is 0 Å². The van der Waals surface area contributed by atoms with Gasteiger partial charge in [0.2, 0.25) is 11.8 Å². The Balaban J connectivity index is 2.17. The summed E-state index contributed by atoms with van der Waals surface area (Å²) in [5, 5.41) is 8.87. The number of carbonyl (C=O) groups excluding carboxylic acids is 3. The number of hydrogen-bond donors (Lipinski definition) is 3. The Bertz CT molecular complexity index is 381. The summed E-state index contributed by atoms with van der Waals surface area (Å²) in [6, 6.07) is 0. The zero-order valence-corrected chi connectivity index (χ0v) is 10.8. The van der Waals surface area contributed by atoms with E-state index in [2.05, 4.69) is 21.2 Å². The summed E-state index contributed by atoms with van der Waals surface area (Å²) < 4.78 is 4.79. The molecule has 0 bridgehead atoms. The molecule has 19 heavy (non-hydrogen) atoms. The third-order valence-corrected chi connectivity index (χ3v) is 2.43. The van der Waals surface area contributed by atoms with E-state index in [9.17, 15) is 14.4 Å². The number of nitrogens with one attached hydrogen (secondary N) is 3. The van der Waals surface area contributed by atoms with Gasteiger partial charge in [-0.2, -0.15) is 5.10 Å². The lowest BCUT2D eigenvalue weighted by molar-refractivity contribution is -0.122. The minimum absolute atomic E-state index is 0.156. The highest BCUT2D eigenvalue weighted by Crippen LogP contribution is 1.99. The summed E-state index contributed by atoms with van der Waals surface area (Å²) in [6.07, 6.45) is 0.760. The van der Waals surface area contributed by atoms with Crippen molar-refractivity contribution >= 4 is 23.4 Å². The van der Waals surface area contributed by atoms with Crippen molar-refractivity contribution in [3.05, 3.63) is 0 Å². The molecule has 0 fully saturated rings. The first-order chi connectivity index (χ1) is 9.13. The Labute approximate surface area is 110 Å². The topological polar surface area (TPSA) is 109 Å². The summed E-state index contributed by atoms with van der Waals surface area (Å²) in [5.74, 6) is -0.713. The minimum atomic E-state index is -0.357. The summed E-state index contributed by atoms with van der Waals surface area (Å²) in [6.45, 7) is 1.13. The Morgan fingerprint density at radius 3 is 2.74 bits per heavy atom. The van der Waals surface area contributed by atoms with Crippen LogP contribution in [0.25, 0.3) is 0 Å². The van der Waals surface area contributed by atoms with Gasteiger partial charge in [-0.1, -0.05) is 0 Å². The summed E-state index contributed by atoms with van der Waals surface area (Å²) in [4.78, 5) is 33.8. The number of amides is 3. The van der Waals surface area contributed by atoms with Crippen molar-refractivity contribution in [3.63, 3.8) is 0 Å². The molecule has 0 aliphatic carbocycles. The van der Waals surface area contributed by atoms with Crippen molar-refractivity contribution in [2.24, 2.45) is 5.10 Å². The number of methoxy groups -OCH3 is 1. The Morgan fingerprint density at radius 1 is 1.32 bits per heavy atom. The minimum Gasteiger partial charge on any atom is -0.383 e. The fraction of sp³-hybridized carbons (Fsp3) is 0.636. The Hall–Kier alpha value is -1.96. The maximum absolute atomic E-state index is 11.6. The van der Waals surface area contributed by atoms with Crippen molar-refractivity contribution in [1.29, 1.82) is 0 Å². The molecule has 1 heterocycles. The van der Waals surface area contributed by atoms with Crippen LogP contribution in [0.1, 0.15) is 19.3 Å². The average molecular weight is 270 g/mol. The first kappa shape index (κ1) is 15.1. The van der Waals surface area contributed by atoms with Crippen molar-refractivity contribution in [2.75, 3.05) is 26.8 Å². The van der Waals surface area contributed by atoms with Crippen LogP contribution in [-0.2, 0) is 19.1 Å². The van der Waals surface area contributed by atoms with Gasteiger partial charge in [0, 0.05) is 39.5 Å². The van der Waals surface area contributed by atoms with Gasteiger partial charge >= 0.3 is 0 Å². The molecular formula is C11H18N4O4. The molecule has 3 N–H and O–H groups in total. The van der Waals surface area contributed by atoms with Gasteiger partial charge in [0.25, 0.3) is 5.91 Å². The van der Waals surface area contributed by atoms with E-state index < -0.39 is 0 Å². The van der Waals surface area contributed by atoms with E-state index in [1.165, 1.54) is 0 Å². The van der Waals surface area contributed by atoms with E-state index in [0.29, 0.717) is 19.6 Å². The Morgan fingerprint density at radius 2 is 2.11 bits per heavy atom. The predicted molar refractivity (Wildman–Crippen MR) is 67.3 cm³/mol. The van der Waals surface area contributed by atoms with E-state index in [1.54, 1.807) is 7.11 Å². The second kappa shape index (κ2) is 8.20. The van der Waals surface area contributed by atoms with Crippen LogP contribution in [0.3, 0.4) is 0 Å². The van der Waals surface area contributed by atoms with Crippen LogP contribution in [0.4, 0.5) is 0 Å². The number of hydrazone groups is 1. The zero-order chi connectivity index (χ0) is 14.1. The summed E-state index contributed by atoms with van der Waals surface area (Å²) >= 11 is 0. The molecule has 106 valence electrons. The summed E-state index contributed by atoms with van der Waals surface area (Å²) in [5.41, 5.74) is 2.52. The fourth-order valence-corrected chi connectivity index (χ4v) is 1.41. The first-order valence-corrected chi connectivity index (χ1v) is 6.02. The average Bonchev–Trinajstić information content (AvgIpc) is 2.39. The molecule has 0 spiro atoms. The monoisotopic (exact) mass is 270 g/mol. The molecule has 0 atom stereocenters. The smallest absolute Gasteiger partial charge is 0.267 e. The number of carbonyl (C=O) groups is 3. The second-order valence-electron chi connectivity index (χ2n) is 3.94. The van der Waals surface area contributed by atoms with Gasteiger partial charge in [-0.3, -0.25) is 14.4 Å². The predicted octanol–water partition coefficient (Wildman–Crippen LogP) is -1.48. The molecule has 8 heteroatoms. The van der Waals surface area contributed by atoms with Gasteiger partial charge in [0.05, 0.1) is 6.61 Å². The van der Waals surface area contributed by atoms with Crippen molar-refractivity contribution < 1.29 is 19.1 Å². The van der Waals surface area contributed by atoms with Gasteiger partial charge in [-0.25, -0.2) is 5.43 Å². The van der Waals surface area contributed by atoms with Crippen LogP contribution in [0, 0.1) is 0 Å². The number of hydrogen-bond acceptors (Lipinski definition) is 5. The highest BCUT2D eigenvalue weighted by atomic mass is 16.5. The lowest BCUT2D eigenvalue weighted by atomic mass is 10.1.